The lowest BCUT2D eigenvalue weighted by Gasteiger charge is -2.53. The van der Waals surface area contributed by atoms with Crippen LogP contribution in [0.1, 0.15) is 27.2 Å². The number of nitrogens with one attached hydrogen (secondary N) is 2. The quantitative estimate of drug-likeness (QED) is 0.842. The van der Waals surface area contributed by atoms with Gasteiger partial charge >= 0.3 is 6.09 Å². The van der Waals surface area contributed by atoms with E-state index >= 15 is 0 Å². The van der Waals surface area contributed by atoms with Gasteiger partial charge in [-0.3, -0.25) is 4.79 Å². The Balaban J connectivity index is 1.50. The van der Waals surface area contributed by atoms with Crippen molar-refractivity contribution >= 4 is 22.7 Å². The Bertz CT molecular complexity index is 953. The zero-order chi connectivity index (χ0) is 20.1. The fraction of sp³-hybridized carbons (Fsp3) is 0.550. The van der Waals surface area contributed by atoms with Crippen LogP contribution >= 0.6 is 0 Å². The van der Waals surface area contributed by atoms with E-state index in [0.717, 1.165) is 12.1 Å². The van der Waals surface area contributed by atoms with E-state index in [1.807, 2.05) is 20.8 Å². The van der Waals surface area contributed by atoms with Gasteiger partial charge in [-0.05, 0) is 45.1 Å². The van der Waals surface area contributed by atoms with Gasteiger partial charge in [0.2, 0.25) is 0 Å². The maximum absolute atomic E-state index is 12.3. The summed E-state index contributed by atoms with van der Waals surface area (Å²) in [6, 6.07) is 3.80. The zero-order valence-electron chi connectivity index (χ0n) is 16.6. The van der Waals surface area contributed by atoms with Crippen LogP contribution in [0.2, 0.25) is 0 Å². The predicted octanol–water partition coefficient (Wildman–Crippen LogP) is 2.60. The Kier molecular flexibility index (Phi) is 4.44. The van der Waals surface area contributed by atoms with Crippen LogP contribution in [-0.4, -0.2) is 52.8 Å². The van der Waals surface area contributed by atoms with E-state index < -0.39 is 5.60 Å². The standard InChI is InChI=1S/C20H26N4O4/c1-20(2,3)28-19(26)24-8-11-5-12(9-24)17(11)23-15-6-13-14(7-16(15)27-4)21-10-22-18(13)25/h6-7,10-12,17,23H,5,8-9H2,1-4H3,(H,21,22,25)/t11-,12+,17+. The normalized spacial score (nSPS) is 23.9. The highest BCUT2D eigenvalue weighted by atomic mass is 16.6. The molecule has 1 aromatic carbocycles. The molecule has 2 N–H and O–H groups in total. The van der Waals surface area contributed by atoms with Gasteiger partial charge in [0.25, 0.3) is 5.56 Å². The van der Waals surface area contributed by atoms with Crippen molar-refractivity contribution in [3.63, 3.8) is 0 Å². The second-order valence-electron chi connectivity index (χ2n) is 8.61. The molecule has 8 nitrogen and oxygen atoms in total. The predicted molar refractivity (Wildman–Crippen MR) is 106 cm³/mol. The highest BCUT2D eigenvalue weighted by Gasteiger charge is 2.48. The number of carbonyl (C=O) groups excluding carboxylic acids is 1. The molecule has 28 heavy (non-hydrogen) atoms. The highest BCUT2D eigenvalue weighted by molar-refractivity contribution is 5.85. The van der Waals surface area contributed by atoms with Gasteiger partial charge in [-0.1, -0.05) is 0 Å². The molecule has 2 fully saturated rings. The first-order chi connectivity index (χ1) is 13.2. The van der Waals surface area contributed by atoms with Crippen LogP contribution in [0.25, 0.3) is 10.9 Å². The first-order valence-electron chi connectivity index (χ1n) is 9.55. The lowest BCUT2D eigenvalue weighted by Crippen LogP contribution is -2.62. The maximum Gasteiger partial charge on any atom is 0.410 e. The first kappa shape index (κ1) is 18.6. The lowest BCUT2D eigenvalue weighted by molar-refractivity contribution is -0.0223. The summed E-state index contributed by atoms with van der Waals surface area (Å²) in [4.78, 5) is 33.1. The Hall–Kier alpha value is -2.77. The molecule has 0 spiro atoms. The van der Waals surface area contributed by atoms with Crippen LogP contribution in [0.4, 0.5) is 10.5 Å². The van der Waals surface area contributed by atoms with Gasteiger partial charge in [0.15, 0.2) is 0 Å². The molecule has 1 saturated heterocycles. The molecular formula is C20H26N4O4. The highest BCUT2D eigenvalue weighted by Crippen LogP contribution is 2.43. The zero-order valence-corrected chi connectivity index (χ0v) is 16.6. The second kappa shape index (κ2) is 6.68. The summed E-state index contributed by atoms with van der Waals surface area (Å²) in [6.45, 7) is 6.97. The number of H-pyrrole nitrogens is 1. The van der Waals surface area contributed by atoms with Gasteiger partial charge in [-0.2, -0.15) is 0 Å². The minimum atomic E-state index is -0.490. The number of carbonyl (C=O) groups is 1. The fourth-order valence-corrected chi connectivity index (χ4v) is 4.16. The molecule has 2 aromatic rings. The molecule has 1 saturated carbocycles. The van der Waals surface area contributed by atoms with Crippen molar-refractivity contribution in [3.8, 4) is 5.75 Å². The number of fused-ring (bicyclic) bond motifs is 3. The van der Waals surface area contributed by atoms with Crippen LogP contribution in [0.5, 0.6) is 5.75 Å². The number of amides is 1. The van der Waals surface area contributed by atoms with Gasteiger partial charge in [-0.25, -0.2) is 9.78 Å². The number of hydrogen-bond acceptors (Lipinski definition) is 6. The average Bonchev–Trinajstić information content (AvgIpc) is 2.64. The average molecular weight is 386 g/mol. The molecule has 2 heterocycles. The molecule has 0 radical (unpaired) electrons. The Morgan fingerprint density at radius 1 is 1.29 bits per heavy atom. The van der Waals surface area contributed by atoms with Crippen molar-refractivity contribution in [1.29, 1.82) is 0 Å². The van der Waals surface area contributed by atoms with Gasteiger partial charge in [0, 0.05) is 25.2 Å². The monoisotopic (exact) mass is 386 g/mol. The number of aromatic amines is 1. The van der Waals surface area contributed by atoms with E-state index in [0.29, 0.717) is 41.6 Å². The smallest absolute Gasteiger partial charge is 0.410 e. The third kappa shape index (κ3) is 3.39. The van der Waals surface area contributed by atoms with Crippen molar-refractivity contribution < 1.29 is 14.3 Å². The van der Waals surface area contributed by atoms with E-state index in [-0.39, 0.29) is 17.7 Å². The molecule has 1 aromatic heterocycles. The van der Waals surface area contributed by atoms with Crippen molar-refractivity contribution in [3.05, 3.63) is 28.8 Å². The summed E-state index contributed by atoms with van der Waals surface area (Å²) in [5.74, 6) is 1.34. The number of piperidine rings is 2. The summed E-state index contributed by atoms with van der Waals surface area (Å²) < 4.78 is 11.0. The maximum atomic E-state index is 12.3. The molecule has 2 aliphatic rings. The van der Waals surface area contributed by atoms with Crippen LogP contribution in [-0.2, 0) is 4.74 Å². The Morgan fingerprint density at radius 2 is 2.00 bits per heavy atom. The molecule has 3 atom stereocenters. The molecule has 1 amide bonds. The molecule has 1 aliphatic heterocycles. The molecule has 0 unspecified atom stereocenters. The summed E-state index contributed by atoms with van der Waals surface area (Å²) in [5, 5.41) is 4.06. The first-order valence-corrected chi connectivity index (χ1v) is 9.55. The minimum Gasteiger partial charge on any atom is -0.495 e. The minimum absolute atomic E-state index is 0.180. The number of rotatable bonds is 3. The van der Waals surface area contributed by atoms with Crippen molar-refractivity contribution in [2.45, 2.75) is 38.8 Å². The topological polar surface area (TPSA) is 96.5 Å². The number of ether oxygens (including phenoxy) is 2. The van der Waals surface area contributed by atoms with Crippen LogP contribution in [0.3, 0.4) is 0 Å². The fourth-order valence-electron chi connectivity index (χ4n) is 4.16. The van der Waals surface area contributed by atoms with Crippen LogP contribution < -0.4 is 15.6 Å². The summed E-state index contributed by atoms with van der Waals surface area (Å²) in [7, 11) is 1.60. The number of methoxy groups -OCH3 is 1. The number of benzene rings is 1. The summed E-state index contributed by atoms with van der Waals surface area (Å²) in [5.41, 5.74) is 0.700. The van der Waals surface area contributed by atoms with Crippen molar-refractivity contribution in [2.24, 2.45) is 11.8 Å². The Morgan fingerprint density at radius 3 is 2.64 bits per heavy atom. The van der Waals surface area contributed by atoms with Crippen LogP contribution in [0, 0.1) is 11.8 Å². The number of hydrogen-bond donors (Lipinski definition) is 2. The Labute approximate surface area is 163 Å². The summed E-state index contributed by atoms with van der Waals surface area (Å²) >= 11 is 0. The molecule has 150 valence electrons. The van der Waals surface area contributed by atoms with E-state index in [1.165, 1.54) is 6.33 Å². The number of nitrogens with zero attached hydrogens (tertiary/aromatic N) is 2. The van der Waals surface area contributed by atoms with Gasteiger partial charge < -0.3 is 24.7 Å². The van der Waals surface area contributed by atoms with Crippen molar-refractivity contribution in [2.75, 3.05) is 25.5 Å². The van der Waals surface area contributed by atoms with E-state index in [1.54, 1.807) is 24.1 Å². The van der Waals surface area contributed by atoms with Crippen LogP contribution in [0.15, 0.2) is 23.3 Å². The SMILES string of the molecule is COc1cc2nc[nH]c(=O)c2cc1N[C@H]1[C@@H]2C[C@H]1CN(C(=O)OC(C)(C)C)C2. The second-order valence-corrected chi connectivity index (χ2v) is 8.61. The molecule has 1 aliphatic carbocycles. The van der Waals surface area contributed by atoms with Gasteiger partial charge in [0.05, 0.1) is 30.0 Å². The lowest BCUT2D eigenvalue weighted by atomic mass is 9.66. The molecular weight excluding hydrogens is 360 g/mol. The number of aromatic nitrogens is 2. The van der Waals surface area contributed by atoms with E-state index in [9.17, 15) is 9.59 Å². The van der Waals surface area contributed by atoms with E-state index in [4.69, 9.17) is 9.47 Å². The molecule has 2 bridgehead atoms. The third-order valence-electron chi connectivity index (χ3n) is 5.47. The third-order valence-corrected chi connectivity index (χ3v) is 5.47. The van der Waals surface area contributed by atoms with E-state index in [2.05, 4.69) is 15.3 Å². The molecule has 8 heteroatoms. The number of anilines is 1. The molecule has 4 rings (SSSR count). The largest absolute Gasteiger partial charge is 0.495 e. The van der Waals surface area contributed by atoms with Gasteiger partial charge in [0.1, 0.15) is 11.4 Å². The van der Waals surface area contributed by atoms with Crippen molar-refractivity contribution in [1.82, 2.24) is 14.9 Å². The number of likely N-dealkylation sites (tertiary alicyclic amines) is 1. The van der Waals surface area contributed by atoms with Gasteiger partial charge in [-0.15, -0.1) is 0 Å². The summed E-state index contributed by atoms with van der Waals surface area (Å²) in [6.07, 6.45) is 2.22.